The largest absolute Gasteiger partial charge is 0.349 e. The summed E-state index contributed by atoms with van der Waals surface area (Å²) in [7, 11) is 0. The molecule has 2 nitrogen and oxygen atoms in total. The maximum absolute atomic E-state index is 13.6. The van der Waals surface area contributed by atoms with E-state index in [1.807, 2.05) is 0 Å². The van der Waals surface area contributed by atoms with Crippen molar-refractivity contribution in [3.05, 3.63) is 71.0 Å². The van der Waals surface area contributed by atoms with Crippen molar-refractivity contribution >= 4 is 5.91 Å². The summed E-state index contributed by atoms with van der Waals surface area (Å²) >= 11 is 0. The molecule has 0 bridgehead atoms. The predicted octanol–water partition coefficient (Wildman–Crippen LogP) is 3.91. The van der Waals surface area contributed by atoms with Gasteiger partial charge < -0.3 is 5.32 Å². The van der Waals surface area contributed by atoms with Crippen LogP contribution >= 0.6 is 0 Å². The van der Waals surface area contributed by atoms with Crippen LogP contribution in [0.1, 0.15) is 30.5 Å². The van der Waals surface area contributed by atoms with Gasteiger partial charge in [-0.1, -0.05) is 18.2 Å². The second-order valence-corrected chi connectivity index (χ2v) is 5.08. The second kappa shape index (κ2) is 7.11. The Morgan fingerprint density at radius 2 is 1.82 bits per heavy atom. The number of halogens is 3. The zero-order chi connectivity index (χ0) is 16.1. The molecule has 2 rings (SSSR count). The molecule has 5 heteroatoms. The van der Waals surface area contributed by atoms with Crippen molar-refractivity contribution in [2.45, 2.75) is 25.8 Å². The number of hydrogen-bond donors (Lipinski definition) is 1. The van der Waals surface area contributed by atoms with E-state index in [1.165, 1.54) is 18.2 Å². The van der Waals surface area contributed by atoms with Gasteiger partial charge in [0.1, 0.15) is 17.5 Å². The second-order valence-electron chi connectivity index (χ2n) is 5.08. The SMILES string of the molecule is CC(NC(=O)CCc1cccc(F)c1)c1ccc(F)cc1F. The number of carbonyl (C=O) groups is 1. The average Bonchev–Trinajstić information content (AvgIpc) is 2.45. The first-order chi connectivity index (χ1) is 10.5. The summed E-state index contributed by atoms with van der Waals surface area (Å²) in [6.45, 7) is 1.62. The topological polar surface area (TPSA) is 29.1 Å². The molecule has 1 unspecified atom stereocenters. The number of hydrogen-bond acceptors (Lipinski definition) is 1. The molecule has 0 aliphatic heterocycles. The molecule has 1 atom stereocenters. The summed E-state index contributed by atoms with van der Waals surface area (Å²) < 4.78 is 39.5. The molecule has 22 heavy (non-hydrogen) atoms. The zero-order valence-electron chi connectivity index (χ0n) is 12.1. The summed E-state index contributed by atoms with van der Waals surface area (Å²) in [5.41, 5.74) is 0.941. The Labute approximate surface area is 127 Å². The third kappa shape index (κ3) is 4.35. The fourth-order valence-corrected chi connectivity index (χ4v) is 2.19. The molecule has 0 aromatic heterocycles. The average molecular weight is 307 g/mol. The number of amides is 1. The first-order valence-electron chi connectivity index (χ1n) is 6.94. The molecule has 0 aliphatic rings. The van der Waals surface area contributed by atoms with Crippen LogP contribution in [0, 0.1) is 17.5 Å². The monoisotopic (exact) mass is 307 g/mol. The van der Waals surface area contributed by atoms with Crippen molar-refractivity contribution in [1.29, 1.82) is 0 Å². The van der Waals surface area contributed by atoms with Gasteiger partial charge in [0, 0.05) is 18.1 Å². The van der Waals surface area contributed by atoms with E-state index in [2.05, 4.69) is 5.32 Å². The lowest BCUT2D eigenvalue weighted by atomic mass is 10.1. The smallest absolute Gasteiger partial charge is 0.220 e. The van der Waals surface area contributed by atoms with Gasteiger partial charge in [0.2, 0.25) is 5.91 Å². The van der Waals surface area contributed by atoms with E-state index in [-0.39, 0.29) is 23.7 Å². The lowest BCUT2D eigenvalue weighted by molar-refractivity contribution is -0.121. The molecule has 2 aromatic rings. The summed E-state index contributed by atoms with van der Waals surface area (Å²) in [6, 6.07) is 8.69. The van der Waals surface area contributed by atoms with E-state index in [1.54, 1.807) is 19.1 Å². The standard InChI is InChI=1S/C17H16F3NO/c1-11(15-7-6-14(19)10-16(15)20)21-17(22)8-5-12-3-2-4-13(18)9-12/h2-4,6-7,9-11H,5,8H2,1H3,(H,21,22). The number of carbonyl (C=O) groups excluding carboxylic acids is 1. The van der Waals surface area contributed by atoms with Crippen LogP contribution in [-0.4, -0.2) is 5.91 Å². The normalized spacial score (nSPS) is 12.0. The van der Waals surface area contributed by atoms with E-state index >= 15 is 0 Å². The molecule has 2 aromatic carbocycles. The van der Waals surface area contributed by atoms with Crippen LogP contribution in [0.3, 0.4) is 0 Å². The van der Waals surface area contributed by atoms with Gasteiger partial charge in [-0.2, -0.15) is 0 Å². The minimum Gasteiger partial charge on any atom is -0.349 e. The maximum Gasteiger partial charge on any atom is 0.220 e. The van der Waals surface area contributed by atoms with Crippen molar-refractivity contribution in [3.8, 4) is 0 Å². The molecule has 0 radical (unpaired) electrons. The van der Waals surface area contributed by atoms with Crippen LogP contribution in [0.4, 0.5) is 13.2 Å². The van der Waals surface area contributed by atoms with Gasteiger partial charge in [0.15, 0.2) is 0 Å². The summed E-state index contributed by atoms with van der Waals surface area (Å²) in [5, 5.41) is 2.65. The Balaban J connectivity index is 1.91. The van der Waals surface area contributed by atoms with E-state index < -0.39 is 17.7 Å². The fourth-order valence-electron chi connectivity index (χ4n) is 2.19. The van der Waals surface area contributed by atoms with Gasteiger partial charge in [0.05, 0.1) is 6.04 Å². The number of benzene rings is 2. The van der Waals surface area contributed by atoms with Crippen molar-refractivity contribution in [2.24, 2.45) is 0 Å². The van der Waals surface area contributed by atoms with Gasteiger partial charge in [-0.25, -0.2) is 13.2 Å². The van der Waals surface area contributed by atoms with Crippen molar-refractivity contribution in [1.82, 2.24) is 5.32 Å². The highest BCUT2D eigenvalue weighted by atomic mass is 19.1. The first kappa shape index (κ1) is 16.1. The van der Waals surface area contributed by atoms with Gasteiger partial charge >= 0.3 is 0 Å². The van der Waals surface area contributed by atoms with Gasteiger partial charge in [0.25, 0.3) is 0 Å². The van der Waals surface area contributed by atoms with Crippen molar-refractivity contribution in [2.75, 3.05) is 0 Å². The number of nitrogens with one attached hydrogen (secondary N) is 1. The van der Waals surface area contributed by atoms with Crippen LogP contribution in [0.25, 0.3) is 0 Å². The summed E-state index contributed by atoms with van der Waals surface area (Å²) in [6.07, 6.45) is 0.554. The van der Waals surface area contributed by atoms with Gasteiger partial charge in [-0.3, -0.25) is 4.79 Å². The number of aryl methyl sites for hydroxylation is 1. The minimum absolute atomic E-state index is 0.163. The molecule has 0 saturated carbocycles. The van der Waals surface area contributed by atoms with Crippen LogP contribution < -0.4 is 5.32 Å². The molecular formula is C17H16F3NO. The Morgan fingerprint density at radius 1 is 1.09 bits per heavy atom. The fraction of sp³-hybridized carbons (Fsp3) is 0.235. The summed E-state index contributed by atoms with van der Waals surface area (Å²) in [5.74, 6) is -1.98. The third-order valence-corrected chi connectivity index (χ3v) is 3.34. The van der Waals surface area contributed by atoms with Crippen molar-refractivity contribution < 1.29 is 18.0 Å². The van der Waals surface area contributed by atoms with Crippen LogP contribution in [-0.2, 0) is 11.2 Å². The Bertz CT molecular complexity index is 673. The van der Waals surface area contributed by atoms with E-state index in [0.717, 1.165) is 17.7 Å². The number of rotatable bonds is 5. The van der Waals surface area contributed by atoms with E-state index in [4.69, 9.17) is 0 Å². The minimum atomic E-state index is -0.696. The molecule has 0 spiro atoms. The quantitative estimate of drug-likeness (QED) is 0.891. The molecule has 0 heterocycles. The molecule has 0 aliphatic carbocycles. The highest BCUT2D eigenvalue weighted by molar-refractivity contribution is 5.76. The van der Waals surface area contributed by atoms with Crippen LogP contribution in [0.15, 0.2) is 42.5 Å². The maximum atomic E-state index is 13.6. The van der Waals surface area contributed by atoms with Crippen LogP contribution in [0.2, 0.25) is 0 Å². The molecule has 116 valence electrons. The Kier molecular flexibility index (Phi) is 5.20. The van der Waals surface area contributed by atoms with Gasteiger partial charge in [-0.15, -0.1) is 0 Å². The van der Waals surface area contributed by atoms with Crippen LogP contribution in [0.5, 0.6) is 0 Å². The molecule has 1 amide bonds. The highest BCUT2D eigenvalue weighted by Gasteiger charge is 2.14. The molecule has 1 N–H and O–H groups in total. The Hall–Kier alpha value is -2.30. The Morgan fingerprint density at radius 3 is 2.50 bits per heavy atom. The third-order valence-electron chi connectivity index (χ3n) is 3.34. The van der Waals surface area contributed by atoms with E-state index in [9.17, 15) is 18.0 Å². The van der Waals surface area contributed by atoms with E-state index in [0.29, 0.717) is 6.42 Å². The molecular weight excluding hydrogens is 291 g/mol. The molecule has 0 fully saturated rings. The molecule has 0 saturated heterocycles. The lowest BCUT2D eigenvalue weighted by Crippen LogP contribution is -2.27. The zero-order valence-corrected chi connectivity index (χ0v) is 12.1. The first-order valence-corrected chi connectivity index (χ1v) is 6.94. The lowest BCUT2D eigenvalue weighted by Gasteiger charge is -2.15. The predicted molar refractivity (Wildman–Crippen MR) is 77.6 cm³/mol. The van der Waals surface area contributed by atoms with Gasteiger partial charge in [-0.05, 0) is 37.1 Å². The highest BCUT2D eigenvalue weighted by Crippen LogP contribution is 2.18. The summed E-state index contributed by atoms with van der Waals surface area (Å²) in [4.78, 5) is 11.9. The van der Waals surface area contributed by atoms with Crippen molar-refractivity contribution in [3.63, 3.8) is 0 Å².